The molecule has 1 aliphatic rings. The monoisotopic (exact) mass is 396 g/mol. The van der Waals surface area contributed by atoms with Gasteiger partial charge in [-0.25, -0.2) is 4.79 Å². The molecule has 0 saturated carbocycles. The Balaban J connectivity index is 1.63. The van der Waals surface area contributed by atoms with E-state index in [9.17, 15) is 9.59 Å². The second kappa shape index (κ2) is 9.54. The highest BCUT2D eigenvalue weighted by molar-refractivity contribution is 6.02. The van der Waals surface area contributed by atoms with Gasteiger partial charge in [0, 0.05) is 30.9 Å². The maximum absolute atomic E-state index is 12.5. The van der Waals surface area contributed by atoms with Crippen LogP contribution >= 0.6 is 0 Å². The average Bonchev–Trinajstić information content (AvgIpc) is 2.71. The normalized spacial score (nSPS) is 16.9. The maximum atomic E-state index is 12.5. The standard InChI is InChI=1S/C22H28N4O3/c1-15-7-6-9-18(16(15)2)24-22(28)25-21(27)14-26-12-11-23-13-19(26)17-8-4-5-10-20(17)29-3/h4-10,19,23H,11-14H2,1-3H3,(H2,24,25,27,28). The minimum Gasteiger partial charge on any atom is -0.496 e. The molecule has 0 bridgehead atoms. The number of hydrogen-bond acceptors (Lipinski definition) is 5. The molecule has 7 nitrogen and oxygen atoms in total. The minimum absolute atomic E-state index is 0.00673. The van der Waals surface area contributed by atoms with Crippen LogP contribution in [0.25, 0.3) is 0 Å². The maximum Gasteiger partial charge on any atom is 0.325 e. The van der Waals surface area contributed by atoms with E-state index in [0.29, 0.717) is 18.8 Å². The molecule has 1 atom stereocenters. The van der Waals surface area contributed by atoms with Crippen molar-refractivity contribution in [1.82, 2.24) is 15.5 Å². The van der Waals surface area contributed by atoms with Gasteiger partial charge in [0.15, 0.2) is 0 Å². The van der Waals surface area contributed by atoms with E-state index in [4.69, 9.17) is 4.74 Å². The smallest absolute Gasteiger partial charge is 0.325 e. The number of carbonyl (C=O) groups is 2. The number of ether oxygens (including phenoxy) is 1. The third-order valence-electron chi connectivity index (χ3n) is 5.30. The topological polar surface area (TPSA) is 82.7 Å². The Morgan fingerprint density at radius 1 is 1.17 bits per heavy atom. The zero-order chi connectivity index (χ0) is 20.8. The van der Waals surface area contributed by atoms with E-state index in [1.165, 1.54) is 0 Å². The van der Waals surface area contributed by atoms with Crippen LogP contribution in [0.5, 0.6) is 5.75 Å². The molecule has 1 unspecified atom stereocenters. The van der Waals surface area contributed by atoms with Crippen molar-refractivity contribution in [2.24, 2.45) is 0 Å². The predicted octanol–water partition coefficient (Wildman–Crippen LogP) is 2.61. The number of nitrogens with one attached hydrogen (secondary N) is 3. The van der Waals surface area contributed by atoms with Crippen LogP contribution in [-0.2, 0) is 4.79 Å². The lowest BCUT2D eigenvalue weighted by atomic mass is 10.0. The SMILES string of the molecule is COc1ccccc1C1CNCCN1CC(=O)NC(=O)Nc1cccc(C)c1C. The molecule has 1 aliphatic heterocycles. The fraction of sp³-hybridized carbons (Fsp3) is 0.364. The third-order valence-corrected chi connectivity index (χ3v) is 5.30. The quantitative estimate of drug-likeness (QED) is 0.724. The van der Waals surface area contributed by atoms with Crippen molar-refractivity contribution >= 4 is 17.6 Å². The van der Waals surface area contributed by atoms with E-state index < -0.39 is 6.03 Å². The number of anilines is 1. The zero-order valence-electron chi connectivity index (χ0n) is 17.1. The van der Waals surface area contributed by atoms with Crippen molar-refractivity contribution in [1.29, 1.82) is 0 Å². The third kappa shape index (κ3) is 5.13. The summed E-state index contributed by atoms with van der Waals surface area (Å²) in [5, 5.41) is 8.56. The number of hydrogen-bond donors (Lipinski definition) is 3. The Kier molecular flexibility index (Phi) is 6.85. The molecule has 1 saturated heterocycles. The second-order valence-corrected chi connectivity index (χ2v) is 7.18. The number of methoxy groups -OCH3 is 1. The number of amides is 3. The Labute approximate surface area is 171 Å². The summed E-state index contributed by atoms with van der Waals surface area (Å²) < 4.78 is 5.48. The summed E-state index contributed by atoms with van der Waals surface area (Å²) >= 11 is 0. The van der Waals surface area contributed by atoms with Gasteiger partial charge < -0.3 is 15.4 Å². The van der Waals surface area contributed by atoms with Crippen LogP contribution < -0.4 is 20.7 Å². The van der Waals surface area contributed by atoms with Gasteiger partial charge in [0.2, 0.25) is 5.91 Å². The summed E-state index contributed by atoms with van der Waals surface area (Å²) in [6.07, 6.45) is 0. The number of para-hydroxylation sites is 1. The van der Waals surface area contributed by atoms with Crippen molar-refractivity contribution < 1.29 is 14.3 Å². The van der Waals surface area contributed by atoms with E-state index in [-0.39, 0.29) is 18.5 Å². The number of nitrogens with zero attached hydrogens (tertiary/aromatic N) is 1. The first-order valence-corrected chi connectivity index (χ1v) is 9.74. The van der Waals surface area contributed by atoms with E-state index in [0.717, 1.165) is 29.0 Å². The number of aryl methyl sites for hydroxylation is 1. The Bertz CT molecular complexity index is 884. The molecule has 3 rings (SSSR count). The minimum atomic E-state index is -0.521. The van der Waals surface area contributed by atoms with Crippen LogP contribution in [0.4, 0.5) is 10.5 Å². The number of benzene rings is 2. The van der Waals surface area contributed by atoms with Crippen LogP contribution in [0.3, 0.4) is 0 Å². The highest BCUT2D eigenvalue weighted by Gasteiger charge is 2.28. The first kappa shape index (κ1) is 20.8. The van der Waals surface area contributed by atoms with Gasteiger partial charge in [0.25, 0.3) is 0 Å². The molecule has 0 radical (unpaired) electrons. The molecule has 0 spiro atoms. The van der Waals surface area contributed by atoms with E-state index >= 15 is 0 Å². The van der Waals surface area contributed by atoms with E-state index in [2.05, 4.69) is 20.9 Å². The zero-order valence-corrected chi connectivity index (χ0v) is 17.1. The molecular weight excluding hydrogens is 368 g/mol. The lowest BCUT2D eigenvalue weighted by Crippen LogP contribution is -2.50. The summed E-state index contributed by atoms with van der Waals surface area (Å²) in [4.78, 5) is 26.9. The molecule has 1 fully saturated rings. The van der Waals surface area contributed by atoms with Crippen molar-refractivity contribution in [2.75, 3.05) is 38.6 Å². The largest absolute Gasteiger partial charge is 0.496 e. The van der Waals surface area contributed by atoms with Crippen molar-refractivity contribution in [3.8, 4) is 5.75 Å². The highest BCUT2D eigenvalue weighted by Crippen LogP contribution is 2.29. The molecule has 29 heavy (non-hydrogen) atoms. The molecule has 1 heterocycles. The second-order valence-electron chi connectivity index (χ2n) is 7.18. The highest BCUT2D eigenvalue weighted by atomic mass is 16.5. The molecule has 0 aromatic heterocycles. The fourth-order valence-corrected chi connectivity index (χ4v) is 3.57. The first-order valence-electron chi connectivity index (χ1n) is 9.74. The van der Waals surface area contributed by atoms with Crippen LogP contribution in [0.15, 0.2) is 42.5 Å². The summed E-state index contributed by atoms with van der Waals surface area (Å²) in [5.74, 6) is 0.453. The number of imide groups is 1. The summed E-state index contributed by atoms with van der Waals surface area (Å²) in [5.41, 5.74) is 3.78. The Morgan fingerprint density at radius 2 is 1.97 bits per heavy atom. The molecule has 154 valence electrons. The van der Waals surface area contributed by atoms with Crippen molar-refractivity contribution in [3.05, 3.63) is 59.2 Å². The molecule has 3 amide bonds. The van der Waals surface area contributed by atoms with Gasteiger partial charge in [-0.1, -0.05) is 30.3 Å². The van der Waals surface area contributed by atoms with Crippen LogP contribution in [0, 0.1) is 13.8 Å². The van der Waals surface area contributed by atoms with Gasteiger partial charge in [-0.2, -0.15) is 0 Å². The molecule has 0 aliphatic carbocycles. The van der Waals surface area contributed by atoms with Gasteiger partial charge in [-0.05, 0) is 37.1 Å². The predicted molar refractivity (Wildman–Crippen MR) is 113 cm³/mol. The lowest BCUT2D eigenvalue weighted by molar-refractivity contribution is -0.121. The molecule has 3 N–H and O–H groups in total. The Hall–Kier alpha value is -2.90. The Morgan fingerprint density at radius 3 is 2.76 bits per heavy atom. The van der Waals surface area contributed by atoms with E-state index in [1.807, 2.05) is 56.3 Å². The van der Waals surface area contributed by atoms with Gasteiger partial charge >= 0.3 is 6.03 Å². The molecule has 2 aromatic carbocycles. The molecule has 7 heteroatoms. The average molecular weight is 396 g/mol. The number of piperazine rings is 1. The first-order chi connectivity index (χ1) is 14.0. The summed E-state index contributed by atoms with van der Waals surface area (Å²) in [6.45, 7) is 6.24. The number of urea groups is 1. The van der Waals surface area contributed by atoms with Crippen LogP contribution in [0.1, 0.15) is 22.7 Å². The van der Waals surface area contributed by atoms with Gasteiger partial charge in [0.05, 0.1) is 19.7 Å². The molecular formula is C22H28N4O3. The summed E-state index contributed by atoms with van der Waals surface area (Å²) in [7, 11) is 1.64. The summed E-state index contributed by atoms with van der Waals surface area (Å²) in [6, 6.07) is 13.0. The fourth-order valence-electron chi connectivity index (χ4n) is 3.57. The van der Waals surface area contributed by atoms with Gasteiger partial charge in [-0.15, -0.1) is 0 Å². The number of rotatable bonds is 5. The van der Waals surface area contributed by atoms with Crippen molar-refractivity contribution in [2.45, 2.75) is 19.9 Å². The van der Waals surface area contributed by atoms with Crippen molar-refractivity contribution in [3.63, 3.8) is 0 Å². The van der Waals surface area contributed by atoms with E-state index in [1.54, 1.807) is 7.11 Å². The molecule has 2 aromatic rings. The van der Waals surface area contributed by atoms with Crippen LogP contribution in [-0.4, -0.2) is 50.1 Å². The van der Waals surface area contributed by atoms with Gasteiger partial charge in [-0.3, -0.25) is 15.0 Å². The lowest BCUT2D eigenvalue weighted by Gasteiger charge is -2.36. The van der Waals surface area contributed by atoms with Gasteiger partial charge in [0.1, 0.15) is 5.75 Å². The van der Waals surface area contributed by atoms with Crippen LogP contribution in [0.2, 0.25) is 0 Å². The number of carbonyl (C=O) groups excluding carboxylic acids is 2.